The van der Waals surface area contributed by atoms with Crippen molar-refractivity contribution < 1.29 is 9.59 Å². The highest BCUT2D eigenvalue weighted by molar-refractivity contribution is 8.00. The van der Waals surface area contributed by atoms with Gasteiger partial charge in [0.15, 0.2) is 0 Å². The van der Waals surface area contributed by atoms with Crippen molar-refractivity contribution in [3.63, 3.8) is 0 Å². The Morgan fingerprint density at radius 3 is 2.46 bits per heavy atom. The van der Waals surface area contributed by atoms with Crippen molar-refractivity contribution in [3.8, 4) is 0 Å². The number of carbonyl (C=O) groups is 2. The van der Waals surface area contributed by atoms with Gasteiger partial charge in [0.05, 0.1) is 5.75 Å². The van der Waals surface area contributed by atoms with Crippen molar-refractivity contribution in [1.29, 1.82) is 0 Å². The van der Waals surface area contributed by atoms with Crippen molar-refractivity contribution in [1.82, 2.24) is 10.9 Å². The van der Waals surface area contributed by atoms with E-state index in [2.05, 4.69) is 10.9 Å². The number of hydrogen-bond donors (Lipinski definition) is 2. The standard InChI is InChI=1S/C21H20ClN3O2S/c1-25(2)16-9-3-8-15(12-16)21(27)24-23-19(26)13-28-18-11-5-7-14-6-4-10-17(22)20(14)18/h3-12H,13H2,1-2H3,(H,23,26)(H,24,27). The van der Waals surface area contributed by atoms with Gasteiger partial charge in [-0.1, -0.05) is 41.9 Å². The molecular weight excluding hydrogens is 394 g/mol. The Labute approximate surface area is 173 Å². The van der Waals surface area contributed by atoms with Crippen LogP contribution < -0.4 is 15.8 Å². The summed E-state index contributed by atoms with van der Waals surface area (Å²) in [5.41, 5.74) is 6.29. The van der Waals surface area contributed by atoms with Gasteiger partial charge in [-0.3, -0.25) is 20.4 Å². The van der Waals surface area contributed by atoms with E-state index in [0.29, 0.717) is 10.6 Å². The predicted octanol–water partition coefficient (Wildman–Crippen LogP) is 4.11. The zero-order valence-electron chi connectivity index (χ0n) is 15.5. The number of thioether (sulfide) groups is 1. The fraction of sp³-hybridized carbons (Fsp3) is 0.143. The van der Waals surface area contributed by atoms with Crippen molar-refractivity contribution >= 4 is 51.6 Å². The minimum absolute atomic E-state index is 0.155. The van der Waals surface area contributed by atoms with Crippen LogP contribution in [0.15, 0.2) is 65.6 Å². The fourth-order valence-corrected chi connectivity index (χ4v) is 3.93. The number of fused-ring (bicyclic) bond motifs is 1. The van der Waals surface area contributed by atoms with Crippen LogP contribution in [0, 0.1) is 0 Å². The summed E-state index contributed by atoms with van der Waals surface area (Å²) in [5.74, 6) is -0.510. The van der Waals surface area contributed by atoms with Crippen molar-refractivity contribution in [2.75, 3.05) is 24.7 Å². The first kappa shape index (κ1) is 20.0. The van der Waals surface area contributed by atoms with Gasteiger partial charge in [-0.05, 0) is 35.7 Å². The van der Waals surface area contributed by atoms with Gasteiger partial charge in [-0.2, -0.15) is 0 Å². The molecule has 28 heavy (non-hydrogen) atoms. The summed E-state index contributed by atoms with van der Waals surface area (Å²) in [6.45, 7) is 0. The summed E-state index contributed by atoms with van der Waals surface area (Å²) in [4.78, 5) is 27.2. The van der Waals surface area contributed by atoms with E-state index in [1.54, 1.807) is 18.2 Å². The van der Waals surface area contributed by atoms with Gasteiger partial charge in [0.1, 0.15) is 0 Å². The van der Waals surface area contributed by atoms with Crippen LogP contribution in [0.3, 0.4) is 0 Å². The van der Waals surface area contributed by atoms with Gasteiger partial charge in [0, 0.05) is 40.7 Å². The summed E-state index contributed by atoms with van der Waals surface area (Å²) < 4.78 is 0. The van der Waals surface area contributed by atoms with Crippen molar-refractivity contribution in [3.05, 3.63) is 71.2 Å². The Morgan fingerprint density at radius 1 is 1.00 bits per heavy atom. The summed E-state index contributed by atoms with van der Waals surface area (Å²) in [6, 6.07) is 18.7. The maximum atomic E-state index is 12.2. The molecule has 0 aliphatic heterocycles. The van der Waals surface area contributed by atoms with Gasteiger partial charge in [-0.15, -0.1) is 11.8 Å². The first-order valence-corrected chi connectivity index (χ1v) is 9.98. The summed E-state index contributed by atoms with van der Waals surface area (Å²) in [7, 11) is 3.80. The fourth-order valence-electron chi connectivity index (χ4n) is 2.69. The number of nitrogens with zero attached hydrogens (tertiary/aromatic N) is 1. The summed E-state index contributed by atoms with van der Waals surface area (Å²) in [6.07, 6.45) is 0. The molecule has 0 heterocycles. The second kappa shape index (κ2) is 8.99. The molecule has 0 aliphatic carbocycles. The molecule has 0 spiro atoms. The molecule has 0 saturated heterocycles. The van der Waals surface area contributed by atoms with Crippen LogP contribution in [0.2, 0.25) is 5.02 Å². The van der Waals surface area contributed by atoms with E-state index < -0.39 is 0 Å². The van der Waals surface area contributed by atoms with E-state index in [-0.39, 0.29) is 17.6 Å². The van der Waals surface area contributed by atoms with Gasteiger partial charge < -0.3 is 4.90 Å². The molecule has 0 bridgehead atoms. The number of nitrogens with one attached hydrogen (secondary N) is 2. The first-order valence-electron chi connectivity index (χ1n) is 8.62. The maximum absolute atomic E-state index is 12.2. The summed E-state index contributed by atoms with van der Waals surface area (Å²) >= 11 is 7.68. The Hall–Kier alpha value is -2.70. The smallest absolute Gasteiger partial charge is 0.269 e. The topological polar surface area (TPSA) is 61.4 Å². The number of amides is 2. The maximum Gasteiger partial charge on any atom is 0.269 e. The molecule has 2 N–H and O–H groups in total. The lowest BCUT2D eigenvalue weighted by molar-refractivity contribution is -0.119. The second-order valence-corrected chi connectivity index (χ2v) is 7.75. The first-order chi connectivity index (χ1) is 13.5. The van der Waals surface area contributed by atoms with Crippen molar-refractivity contribution in [2.24, 2.45) is 0 Å². The molecule has 0 atom stereocenters. The lowest BCUT2D eigenvalue weighted by Gasteiger charge is -2.13. The highest BCUT2D eigenvalue weighted by atomic mass is 35.5. The van der Waals surface area contributed by atoms with Gasteiger partial charge in [0.2, 0.25) is 5.91 Å². The molecule has 5 nitrogen and oxygen atoms in total. The molecule has 0 aromatic heterocycles. The molecule has 3 aromatic rings. The van der Waals surface area contributed by atoms with Crippen molar-refractivity contribution in [2.45, 2.75) is 4.90 Å². The Balaban J connectivity index is 1.58. The van der Waals surface area contributed by atoms with Gasteiger partial charge in [0.25, 0.3) is 5.91 Å². The molecule has 0 saturated carbocycles. The molecular formula is C21H20ClN3O2S. The minimum Gasteiger partial charge on any atom is -0.378 e. The van der Waals surface area contributed by atoms with Crippen LogP contribution in [-0.2, 0) is 4.79 Å². The van der Waals surface area contributed by atoms with E-state index in [4.69, 9.17) is 11.6 Å². The van der Waals surface area contributed by atoms with E-state index in [1.165, 1.54) is 11.8 Å². The number of benzene rings is 3. The number of anilines is 1. The zero-order chi connectivity index (χ0) is 20.1. The van der Waals surface area contributed by atoms with E-state index >= 15 is 0 Å². The highest BCUT2D eigenvalue weighted by Gasteiger charge is 2.11. The molecule has 2 amide bonds. The average molecular weight is 414 g/mol. The molecule has 0 aliphatic rings. The lowest BCUT2D eigenvalue weighted by Crippen LogP contribution is -2.42. The SMILES string of the molecule is CN(C)c1cccc(C(=O)NNC(=O)CSc2cccc3cccc(Cl)c23)c1. The molecule has 3 rings (SSSR count). The number of halogens is 1. The lowest BCUT2D eigenvalue weighted by atomic mass is 10.1. The molecule has 0 fully saturated rings. The number of rotatable bonds is 5. The van der Waals surface area contributed by atoms with Crippen LogP contribution in [0.1, 0.15) is 10.4 Å². The Bertz CT molecular complexity index is 1020. The third-order valence-corrected chi connectivity index (χ3v) is 5.49. The number of hydrazine groups is 1. The number of carbonyl (C=O) groups excluding carboxylic acids is 2. The highest BCUT2D eigenvalue weighted by Crippen LogP contribution is 2.33. The normalized spacial score (nSPS) is 10.5. The third-order valence-electron chi connectivity index (χ3n) is 4.11. The molecule has 7 heteroatoms. The van der Waals surface area contributed by atoms with Crippen LogP contribution in [0.4, 0.5) is 5.69 Å². The average Bonchev–Trinajstić information content (AvgIpc) is 2.70. The second-order valence-electron chi connectivity index (χ2n) is 6.33. The molecule has 0 radical (unpaired) electrons. The van der Waals surface area contributed by atoms with E-state index in [0.717, 1.165) is 21.4 Å². The monoisotopic (exact) mass is 413 g/mol. The Kier molecular flexibility index (Phi) is 6.44. The van der Waals surface area contributed by atoms with Gasteiger partial charge >= 0.3 is 0 Å². The summed E-state index contributed by atoms with van der Waals surface area (Å²) in [5, 5.41) is 2.59. The van der Waals surface area contributed by atoms with Crippen LogP contribution in [0.5, 0.6) is 0 Å². The van der Waals surface area contributed by atoms with E-state index in [9.17, 15) is 9.59 Å². The zero-order valence-corrected chi connectivity index (χ0v) is 17.1. The minimum atomic E-state index is -0.366. The van der Waals surface area contributed by atoms with E-state index in [1.807, 2.05) is 61.5 Å². The van der Waals surface area contributed by atoms with Gasteiger partial charge in [-0.25, -0.2) is 0 Å². The third kappa shape index (κ3) is 4.77. The molecule has 0 unspecified atom stereocenters. The largest absolute Gasteiger partial charge is 0.378 e. The number of hydrogen-bond acceptors (Lipinski definition) is 4. The van der Waals surface area contributed by atoms with Crippen LogP contribution in [0.25, 0.3) is 10.8 Å². The molecule has 144 valence electrons. The Morgan fingerprint density at radius 2 is 1.71 bits per heavy atom. The van der Waals surface area contributed by atoms with Crippen LogP contribution in [-0.4, -0.2) is 31.7 Å². The quantitative estimate of drug-likeness (QED) is 0.488. The molecule has 3 aromatic carbocycles. The predicted molar refractivity (Wildman–Crippen MR) is 116 cm³/mol. The van der Waals surface area contributed by atoms with Crippen LogP contribution >= 0.6 is 23.4 Å².